The van der Waals surface area contributed by atoms with Crippen molar-refractivity contribution in [3.05, 3.63) is 29.3 Å². The van der Waals surface area contributed by atoms with Gasteiger partial charge in [0.05, 0.1) is 0 Å². The number of benzene rings is 1. The molecule has 0 fully saturated rings. The van der Waals surface area contributed by atoms with Gasteiger partial charge in [-0.2, -0.15) is 0 Å². The van der Waals surface area contributed by atoms with Gasteiger partial charge in [0.2, 0.25) is 0 Å². The quantitative estimate of drug-likeness (QED) is 0.788. The van der Waals surface area contributed by atoms with Gasteiger partial charge in [0.25, 0.3) is 0 Å². The molecule has 0 saturated carbocycles. The van der Waals surface area contributed by atoms with Gasteiger partial charge in [-0.1, -0.05) is 12.1 Å². The van der Waals surface area contributed by atoms with Gasteiger partial charge < -0.3 is 15.0 Å². The molecular formula is C11H12O4. The highest BCUT2D eigenvalue weighted by molar-refractivity contribution is 5.91. The number of carbonyl (C=O) groups excluding carboxylic acids is 1. The fourth-order valence-electron chi connectivity index (χ4n) is 1.28. The molecule has 0 bridgehead atoms. The SMILES string of the molecule is CC(=O)CCc1cccc(C(=O)O)c1O. The lowest BCUT2D eigenvalue weighted by Crippen LogP contribution is -2.00. The van der Waals surface area contributed by atoms with Crippen LogP contribution in [0.1, 0.15) is 29.3 Å². The molecule has 0 heterocycles. The van der Waals surface area contributed by atoms with E-state index >= 15 is 0 Å². The number of aromatic hydroxyl groups is 1. The van der Waals surface area contributed by atoms with Crippen molar-refractivity contribution in [2.24, 2.45) is 0 Å². The van der Waals surface area contributed by atoms with Crippen molar-refractivity contribution in [1.29, 1.82) is 0 Å². The van der Waals surface area contributed by atoms with E-state index in [-0.39, 0.29) is 17.1 Å². The van der Waals surface area contributed by atoms with E-state index < -0.39 is 5.97 Å². The maximum absolute atomic E-state index is 10.7. The van der Waals surface area contributed by atoms with Crippen LogP contribution in [0.3, 0.4) is 0 Å². The summed E-state index contributed by atoms with van der Waals surface area (Å²) in [5, 5.41) is 18.3. The summed E-state index contributed by atoms with van der Waals surface area (Å²) in [4.78, 5) is 21.4. The summed E-state index contributed by atoms with van der Waals surface area (Å²) >= 11 is 0. The minimum atomic E-state index is -1.17. The first-order chi connectivity index (χ1) is 7.02. The van der Waals surface area contributed by atoms with Crippen LogP contribution in [0, 0.1) is 0 Å². The molecule has 0 amide bonds. The first-order valence-corrected chi connectivity index (χ1v) is 4.56. The Labute approximate surface area is 87.2 Å². The smallest absolute Gasteiger partial charge is 0.339 e. The highest BCUT2D eigenvalue weighted by Crippen LogP contribution is 2.23. The van der Waals surface area contributed by atoms with E-state index in [1.54, 1.807) is 12.1 Å². The van der Waals surface area contributed by atoms with E-state index in [4.69, 9.17) is 5.11 Å². The highest BCUT2D eigenvalue weighted by atomic mass is 16.4. The number of carboxylic acids is 1. The zero-order valence-corrected chi connectivity index (χ0v) is 8.36. The van der Waals surface area contributed by atoms with E-state index in [2.05, 4.69) is 0 Å². The Morgan fingerprint density at radius 1 is 1.33 bits per heavy atom. The largest absolute Gasteiger partial charge is 0.507 e. The van der Waals surface area contributed by atoms with Crippen LogP contribution in [0.2, 0.25) is 0 Å². The number of aryl methyl sites for hydroxylation is 1. The predicted octanol–water partition coefficient (Wildman–Crippen LogP) is 1.61. The number of Topliss-reactive ketones (excluding diaryl/α,β-unsaturated/α-hetero) is 1. The molecule has 0 aromatic heterocycles. The van der Waals surface area contributed by atoms with Gasteiger partial charge in [0.1, 0.15) is 17.1 Å². The molecular weight excluding hydrogens is 196 g/mol. The van der Waals surface area contributed by atoms with Crippen LogP contribution in [0.5, 0.6) is 5.75 Å². The van der Waals surface area contributed by atoms with Gasteiger partial charge in [-0.25, -0.2) is 4.79 Å². The first kappa shape index (κ1) is 11.2. The maximum Gasteiger partial charge on any atom is 0.339 e. The molecule has 1 aromatic rings. The maximum atomic E-state index is 10.7. The number of hydrogen-bond donors (Lipinski definition) is 2. The van der Waals surface area contributed by atoms with Gasteiger partial charge in [-0.3, -0.25) is 0 Å². The molecule has 1 rings (SSSR count). The summed E-state index contributed by atoms with van der Waals surface area (Å²) in [5.74, 6) is -1.40. The highest BCUT2D eigenvalue weighted by Gasteiger charge is 2.12. The molecule has 80 valence electrons. The lowest BCUT2D eigenvalue weighted by atomic mass is 10.0. The van der Waals surface area contributed by atoms with E-state index in [9.17, 15) is 14.7 Å². The predicted molar refractivity (Wildman–Crippen MR) is 54.1 cm³/mol. The zero-order valence-electron chi connectivity index (χ0n) is 8.36. The molecule has 0 spiro atoms. The number of rotatable bonds is 4. The van der Waals surface area contributed by atoms with Gasteiger partial charge in [0.15, 0.2) is 0 Å². The zero-order chi connectivity index (χ0) is 11.4. The molecule has 15 heavy (non-hydrogen) atoms. The number of carbonyl (C=O) groups is 2. The normalized spacial score (nSPS) is 9.93. The van der Waals surface area contributed by atoms with Crippen LogP contribution >= 0.6 is 0 Å². The Kier molecular flexibility index (Phi) is 3.44. The number of hydrogen-bond acceptors (Lipinski definition) is 3. The second kappa shape index (κ2) is 4.59. The standard InChI is InChI=1S/C11H12O4/c1-7(12)5-6-8-3-2-4-9(10(8)13)11(14)15/h2-4,13H,5-6H2,1H3,(H,14,15). The molecule has 2 N–H and O–H groups in total. The minimum absolute atomic E-state index is 0.00938. The number of carboxylic acid groups (broad SMARTS) is 1. The monoisotopic (exact) mass is 208 g/mol. The van der Waals surface area contributed by atoms with E-state index in [1.807, 2.05) is 0 Å². The van der Waals surface area contributed by atoms with E-state index in [0.29, 0.717) is 18.4 Å². The Morgan fingerprint density at radius 2 is 2.00 bits per heavy atom. The van der Waals surface area contributed by atoms with Gasteiger partial charge in [0, 0.05) is 6.42 Å². The topological polar surface area (TPSA) is 74.6 Å². The Bertz CT molecular complexity index is 396. The summed E-state index contributed by atoms with van der Waals surface area (Å²) in [5.41, 5.74) is 0.362. The third kappa shape index (κ3) is 2.80. The summed E-state index contributed by atoms with van der Waals surface area (Å²) in [6.45, 7) is 1.46. The van der Waals surface area contributed by atoms with Gasteiger partial charge >= 0.3 is 5.97 Å². The summed E-state index contributed by atoms with van der Waals surface area (Å²) in [6, 6.07) is 4.50. The van der Waals surface area contributed by atoms with E-state index in [1.165, 1.54) is 13.0 Å². The van der Waals surface area contributed by atoms with Crippen LogP contribution < -0.4 is 0 Å². The molecule has 0 atom stereocenters. The Morgan fingerprint density at radius 3 is 2.53 bits per heavy atom. The summed E-state index contributed by atoms with van der Waals surface area (Å²) in [6.07, 6.45) is 0.666. The summed E-state index contributed by atoms with van der Waals surface area (Å²) in [7, 11) is 0. The van der Waals surface area contributed by atoms with Gasteiger partial charge in [-0.05, 0) is 25.0 Å². The molecule has 1 aromatic carbocycles. The van der Waals surface area contributed by atoms with Crippen LogP contribution in [-0.2, 0) is 11.2 Å². The van der Waals surface area contributed by atoms with Crippen molar-refractivity contribution in [2.45, 2.75) is 19.8 Å². The van der Waals surface area contributed by atoms with Crippen molar-refractivity contribution < 1.29 is 19.8 Å². The average molecular weight is 208 g/mol. The third-order valence-corrected chi connectivity index (χ3v) is 2.10. The molecule has 0 aliphatic rings. The average Bonchev–Trinajstić information content (AvgIpc) is 2.15. The minimum Gasteiger partial charge on any atom is -0.507 e. The second-order valence-electron chi connectivity index (χ2n) is 3.32. The van der Waals surface area contributed by atoms with Crippen molar-refractivity contribution in [3.8, 4) is 5.75 Å². The van der Waals surface area contributed by atoms with Crippen LogP contribution in [0.25, 0.3) is 0 Å². The molecule has 0 saturated heterocycles. The van der Waals surface area contributed by atoms with Crippen molar-refractivity contribution in [1.82, 2.24) is 0 Å². The number of para-hydroxylation sites is 1. The molecule has 0 aliphatic carbocycles. The molecule has 0 aliphatic heterocycles. The number of aromatic carboxylic acids is 1. The second-order valence-corrected chi connectivity index (χ2v) is 3.32. The van der Waals surface area contributed by atoms with Crippen LogP contribution in [-0.4, -0.2) is 22.0 Å². The third-order valence-electron chi connectivity index (χ3n) is 2.10. The number of phenols is 1. The lowest BCUT2D eigenvalue weighted by molar-refractivity contribution is -0.116. The molecule has 0 unspecified atom stereocenters. The van der Waals surface area contributed by atoms with Crippen molar-refractivity contribution >= 4 is 11.8 Å². The molecule has 4 heteroatoms. The fourth-order valence-corrected chi connectivity index (χ4v) is 1.28. The van der Waals surface area contributed by atoms with Crippen LogP contribution in [0.4, 0.5) is 0 Å². The lowest BCUT2D eigenvalue weighted by Gasteiger charge is -2.05. The van der Waals surface area contributed by atoms with Gasteiger partial charge in [-0.15, -0.1) is 0 Å². The fraction of sp³-hybridized carbons (Fsp3) is 0.273. The van der Waals surface area contributed by atoms with Crippen molar-refractivity contribution in [2.75, 3.05) is 0 Å². The molecule has 0 radical (unpaired) electrons. The van der Waals surface area contributed by atoms with E-state index in [0.717, 1.165) is 0 Å². The molecule has 4 nitrogen and oxygen atoms in total. The number of ketones is 1. The summed E-state index contributed by atoms with van der Waals surface area (Å²) < 4.78 is 0. The first-order valence-electron chi connectivity index (χ1n) is 4.56. The Balaban J connectivity index is 2.94. The van der Waals surface area contributed by atoms with Crippen LogP contribution in [0.15, 0.2) is 18.2 Å². The Hall–Kier alpha value is -1.84. The van der Waals surface area contributed by atoms with Crippen molar-refractivity contribution in [3.63, 3.8) is 0 Å².